The number of hydrogen-bond acceptors (Lipinski definition) is 3. The Hall–Kier alpha value is -1.05. The Morgan fingerprint density at radius 2 is 2.41 bits per heavy atom. The van der Waals surface area contributed by atoms with E-state index in [1.165, 1.54) is 0 Å². The molecule has 1 N–H and O–H groups in total. The molecule has 0 radical (unpaired) electrons. The summed E-state index contributed by atoms with van der Waals surface area (Å²) in [5.74, 6) is 0. The molecular formula is C13H15BrN2O. The van der Waals surface area contributed by atoms with Gasteiger partial charge in [0, 0.05) is 22.8 Å². The van der Waals surface area contributed by atoms with Crippen molar-refractivity contribution in [2.45, 2.75) is 31.9 Å². The molecule has 0 amide bonds. The van der Waals surface area contributed by atoms with E-state index in [4.69, 9.17) is 10.00 Å². The Morgan fingerprint density at radius 3 is 3.00 bits per heavy atom. The average Bonchev–Trinajstić information content (AvgIpc) is 2.82. The maximum atomic E-state index is 8.84. The van der Waals surface area contributed by atoms with Gasteiger partial charge in [-0.3, -0.25) is 0 Å². The molecule has 90 valence electrons. The third-order valence-electron chi connectivity index (χ3n) is 3.01. The fourth-order valence-electron chi connectivity index (χ4n) is 2.05. The highest BCUT2D eigenvalue weighted by atomic mass is 79.9. The lowest BCUT2D eigenvalue weighted by Gasteiger charge is -2.21. The predicted octanol–water partition coefficient (Wildman–Crippen LogP) is 3.30. The van der Waals surface area contributed by atoms with Crippen LogP contribution >= 0.6 is 15.9 Å². The van der Waals surface area contributed by atoms with Crippen LogP contribution < -0.4 is 5.32 Å². The van der Waals surface area contributed by atoms with Gasteiger partial charge >= 0.3 is 0 Å². The summed E-state index contributed by atoms with van der Waals surface area (Å²) in [6.45, 7) is 3.00. The van der Waals surface area contributed by atoms with E-state index in [1.807, 2.05) is 18.2 Å². The van der Waals surface area contributed by atoms with Crippen molar-refractivity contribution in [2.75, 3.05) is 11.9 Å². The van der Waals surface area contributed by atoms with Gasteiger partial charge in [-0.15, -0.1) is 0 Å². The van der Waals surface area contributed by atoms with Crippen LogP contribution in [0, 0.1) is 11.3 Å². The lowest BCUT2D eigenvalue weighted by molar-refractivity contribution is 0.0996. The van der Waals surface area contributed by atoms with E-state index in [0.29, 0.717) is 11.7 Å². The topological polar surface area (TPSA) is 45.0 Å². The summed E-state index contributed by atoms with van der Waals surface area (Å²) in [4.78, 5) is 0. The van der Waals surface area contributed by atoms with Gasteiger partial charge in [0.15, 0.2) is 0 Å². The number of hydrogen-bond donors (Lipinski definition) is 1. The van der Waals surface area contributed by atoms with E-state index in [9.17, 15) is 0 Å². The van der Waals surface area contributed by atoms with Crippen molar-refractivity contribution < 1.29 is 4.74 Å². The number of rotatable bonds is 3. The molecule has 0 aromatic heterocycles. The molecule has 2 rings (SSSR count). The van der Waals surface area contributed by atoms with Gasteiger partial charge in [0.1, 0.15) is 6.07 Å². The van der Waals surface area contributed by atoms with Crippen LogP contribution in [0.2, 0.25) is 0 Å². The summed E-state index contributed by atoms with van der Waals surface area (Å²) in [6, 6.07) is 8.09. The first-order valence-electron chi connectivity index (χ1n) is 5.78. The van der Waals surface area contributed by atoms with Crippen molar-refractivity contribution in [3.05, 3.63) is 28.2 Å². The van der Waals surface area contributed by atoms with E-state index >= 15 is 0 Å². The highest BCUT2D eigenvalue weighted by Crippen LogP contribution is 2.23. The van der Waals surface area contributed by atoms with Crippen LogP contribution in [0.15, 0.2) is 22.7 Å². The zero-order valence-electron chi connectivity index (χ0n) is 9.74. The number of nitrogens with one attached hydrogen (secondary N) is 1. The summed E-state index contributed by atoms with van der Waals surface area (Å²) in [5, 5.41) is 12.3. The molecule has 0 spiro atoms. The first-order chi connectivity index (χ1) is 8.20. The fraction of sp³-hybridized carbons (Fsp3) is 0.462. The standard InChI is InChI=1S/C13H15BrN2O/c1-9(13-3-2-6-17-13)16-11-5-4-10(8-15)12(14)7-11/h4-5,7,9,13,16H,2-3,6H2,1H3. The van der Waals surface area contributed by atoms with E-state index in [-0.39, 0.29) is 6.04 Å². The summed E-state index contributed by atoms with van der Waals surface area (Å²) >= 11 is 3.39. The van der Waals surface area contributed by atoms with Crippen LogP contribution in [0.4, 0.5) is 5.69 Å². The van der Waals surface area contributed by atoms with Gasteiger partial charge in [0.05, 0.1) is 11.7 Å². The van der Waals surface area contributed by atoms with E-state index in [1.54, 1.807) is 0 Å². The second-order valence-corrected chi connectivity index (χ2v) is 5.15. The molecule has 17 heavy (non-hydrogen) atoms. The molecular weight excluding hydrogens is 280 g/mol. The highest BCUT2D eigenvalue weighted by molar-refractivity contribution is 9.10. The van der Waals surface area contributed by atoms with Gasteiger partial charge in [-0.05, 0) is 53.9 Å². The predicted molar refractivity (Wildman–Crippen MR) is 70.9 cm³/mol. The minimum atomic E-state index is 0.289. The monoisotopic (exact) mass is 294 g/mol. The van der Waals surface area contributed by atoms with Crippen molar-refractivity contribution in [3.63, 3.8) is 0 Å². The zero-order chi connectivity index (χ0) is 12.3. The number of nitrogens with zero attached hydrogens (tertiary/aromatic N) is 1. The second-order valence-electron chi connectivity index (χ2n) is 4.29. The van der Waals surface area contributed by atoms with Crippen molar-refractivity contribution in [2.24, 2.45) is 0 Å². The molecule has 2 unspecified atom stereocenters. The zero-order valence-corrected chi connectivity index (χ0v) is 11.3. The van der Waals surface area contributed by atoms with Crippen molar-refractivity contribution in [1.29, 1.82) is 5.26 Å². The number of halogens is 1. The first-order valence-corrected chi connectivity index (χ1v) is 6.58. The van der Waals surface area contributed by atoms with Gasteiger partial charge in [0.25, 0.3) is 0 Å². The van der Waals surface area contributed by atoms with Crippen LogP contribution in [0.25, 0.3) is 0 Å². The highest BCUT2D eigenvalue weighted by Gasteiger charge is 2.22. The molecule has 0 saturated carbocycles. The fourth-order valence-corrected chi connectivity index (χ4v) is 2.52. The Bertz CT molecular complexity index is 436. The Labute approximate surface area is 110 Å². The molecule has 1 aromatic rings. The van der Waals surface area contributed by atoms with Crippen LogP contribution in [-0.2, 0) is 4.74 Å². The lowest BCUT2D eigenvalue weighted by atomic mass is 10.1. The number of anilines is 1. The van der Waals surface area contributed by atoms with Crippen LogP contribution in [0.1, 0.15) is 25.3 Å². The van der Waals surface area contributed by atoms with E-state index in [0.717, 1.165) is 29.6 Å². The summed E-state index contributed by atoms with van der Waals surface area (Å²) in [5.41, 5.74) is 1.67. The maximum Gasteiger partial charge on any atom is 0.100 e. The molecule has 4 heteroatoms. The third-order valence-corrected chi connectivity index (χ3v) is 3.66. The minimum Gasteiger partial charge on any atom is -0.380 e. The Morgan fingerprint density at radius 1 is 1.59 bits per heavy atom. The van der Waals surface area contributed by atoms with Gasteiger partial charge < -0.3 is 10.1 Å². The molecule has 1 aliphatic rings. The molecule has 3 nitrogen and oxygen atoms in total. The van der Waals surface area contributed by atoms with Crippen molar-refractivity contribution >= 4 is 21.6 Å². The van der Waals surface area contributed by atoms with Gasteiger partial charge in [-0.1, -0.05) is 0 Å². The summed E-state index contributed by atoms with van der Waals surface area (Å²) in [7, 11) is 0. The summed E-state index contributed by atoms with van der Waals surface area (Å²) < 4.78 is 6.46. The normalized spacial score (nSPS) is 20.9. The molecule has 2 atom stereocenters. The first kappa shape index (κ1) is 12.4. The molecule has 1 fully saturated rings. The number of ether oxygens (including phenoxy) is 1. The molecule has 0 aliphatic carbocycles. The summed E-state index contributed by atoms with van der Waals surface area (Å²) in [6.07, 6.45) is 2.56. The van der Waals surface area contributed by atoms with Gasteiger partial charge in [-0.2, -0.15) is 5.26 Å². The second kappa shape index (κ2) is 5.52. The SMILES string of the molecule is CC(Nc1ccc(C#N)c(Br)c1)C1CCCO1. The Balaban J connectivity index is 2.03. The quantitative estimate of drug-likeness (QED) is 0.930. The molecule has 1 aliphatic heterocycles. The molecule has 0 bridgehead atoms. The molecule has 1 saturated heterocycles. The maximum absolute atomic E-state index is 8.84. The minimum absolute atomic E-state index is 0.289. The van der Waals surface area contributed by atoms with Crippen LogP contribution in [-0.4, -0.2) is 18.8 Å². The van der Waals surface area contributed by atoms with Crippen molar-refractivity contribution in [1.82, 2.24) is 0 Å². The number of nitriles is 1. The smallest absolute Gasteiger partial charge is 0.100 e. The largest absolute Gasteiger partial charge is 0.380 e. The third kappa shape index (κ3) is 2.99. The lowest BCUT2D eigenvalue weighted by Crippen LogP contribution is -2.29. The van der Waals surface area contributed by atoms with Gasteiger partial charge in [-0.25, -0.2) is 0 Å². The number of benzene rings is 1. The van der Waals surface area contributed by atoms with Crippen LogP contribution in [0.5, 0.6) is 0 Å². The molecule has 1 aromatic carbocycles. The van der Waals surface area contributed by atoms with E-state index < -0.39 is 0 Å². The average molecular weight is 295 g/mol. The Kier molecular flexibility index (Phi) is 4.03. The van der Waals surface area contributed by atoms with Gasteiger partial charge in [0.2, 0.25) is 0 Å². The van der Waals surface area contributed by atoms with Crippen LogP contribution in [0.3, 0.4) is 0 Å². The molecule has 1 heterocycles. The van der Waals surface area contributed by atoms with E-state index in [2.05, 4.69) is 34.2 Å². The van der Waals surface area contributed by atoms with Crippen molar-refractivity contribution in [3.8, 4) is 6.07 Å².